The van der Waals surface area contributed by atoms with Gasteiger partial charge in [-0.05, 0) is 24.3 Å². The zero-order chi connectivity index (χ0) is 13.1. The number of nitrogens with zero attached hydrogens (tertiary/aromatic N) is 1. The fourth-order valence-corrected chi connectivity index (χ4v) is 2.53. The molecule has 1 rings (SSSR count). The molecule has 1 aromatic rings. The molecule has 94 valence electrons. The van der Waals surface area contributed by atoms with Crippen LogP contribution in [0.3, 0.4) is 0 Å². The van der Waals surface area contributed by atoms with E-state index in [0.717, 1.165) is 10.6 Å². The van der Waals surface area contributed by atoms with E-state index < -0.39 is 16.0 Å². The quantitative estimate of drug-likeness (QED) is 0.826. The van der Waals surface area contributed by atoms with Gasteiger partial charge in [0.05, 0.1) is 17.5 Å². The molecule has 0 amide bonds. The molecular weight excluding hydrogens is 266 g/mol. The topological polar surface area (TPSA) is 74.7 Å². The lowest BCUT2D eigenvalue weighted by Gasteiger charge is -2.21. The van der Waals surface area contributed by atoms with Crippen LogP contribution in [0.2, 0.25) is 0 Å². The molecule has 1 N–H and O–H groups in total. The van der Waals surface area contributed by atoms with Crippen LogP contribution < -0.4 is 4.31 Å². The first-order valence-corrected chi connectivity index (χ1v) is 7.11. The first-order valence-electron chi connectivity index (χ1n) is 4.73. The van der Waals surface area contributed by atoms with Crippen molar-refractivity contribution in [2.45, 2.75) is 0 Å². The average molecular weight is 278 g/mol. The second kappa shape index (κ2) is 5.37. The summed E-state index contributed by atoms with van der Waals surface area (Å²) >= 11 is 5.53. The van der Waals surface area contributed by atoms with Gasteiger partial charge in [-0.1, -0.05) is 0 Å². The Kier molecular flexibility index (Phi) is 4.36. The molecule has 5 nitrogen and oxygen atoms in total. The van der Waals surface area contributed by atoms with E-state index in [1.54, 1.807) is 0 Å². The molecule has 0 spiro atoms. The third kappa shape index (κ3) is 3.61. The highest BCUT2D eigenvalue weighted by atomic mass is 35.5. The summed E-state index contributed by atoms with van der Waals surface area (Å²) < 4.78 is 24.1. The van der Waals surface area contributed by atoms with Gasteiger partial charge >= 0.3 is 5.97 Å². The molecule has 0 fully saturated rings. The minimum absolute atomic E-state index is 0.105. The van der Waals surface area contributed by atoms with Gasteiger partial charge in [0.25, 0.3) is 0 Å². The van der Waals surface area contributed by atoms with Crippen LogP contribution in [0.5, 0.6) is 0 Å². The highest BCUT2D eigenvalue weighted by Crippen LogP contribution is 2.18. The summed E-state index contributed by atoms with van der Waals surface area (Å²) in [5.41, 5.74) is 0.506. The minimum Gasteiger partial charge on any atom is -0.478 e. The monoisotopic (exact) mass is 277 g/mol. The Bertz CT molecular complexity index is 498. The summed E-state index contributed by atoms with van der Waals surface area (Å²) in [7, 11) is -3.41. The van der Waals surface area contributed by atoms with Gasteiger partial charge in [-0.2, -0.15) is 0 Å². The summed E-state index contributed by atoms with van der Waals surface area (Å²) in [6, 6.07) is 5.59. The Morgan fingerprint density at radius 1 is 1.35 bits per heavy atom. The third-order valence-electron chi connectivity index (χ3n) is 2.09. The first-order chi connectivity index (χ1) is 7.86. The van der Waals surface area contributed by atoms with Crippen LogP contribution >= 0.6 is 11.6 Å². The van der Waals surface area contributed by atoms with Gasteiger partial charge < -0.3 is 5.11 Å². The first kappa shape index (κ1) is 13.8. The van der Waals surface area contributed by atoms with E-state index in [1.807, 2.05) is 0 Å². The lowest BCUT2D eigenvalue weighted by molar-refractivity contribution is 0.0697. The minimum atomic E-state index is -3.41. The maximum absolute atomic E-state index is 11.5. The van der Waals surface area contributed by atoms with Crippen molar-refractivity contribution < 1.29 is 18.3 Å². The van der Waals surface area contributed by atoms with Crippen LogP contribution in [0.1, 0.15) is 10.4 Å². The number of anilines is 1. The summed E-state index contributed by atoms with van der Waals surface area (Å²) in [4.78, 5) is 10.7. The average Bonchev–Trinajstić information content (AvgIpc) is 2.24. The molecular formula is C10H12ClNO4S. The third-order valence-corrected chi connectivity index (χ3v) is 3.45. The Hall–Kier alpha value is -1.27. The zero-order valence-electron chi connectivity index (χ0n) is 9.13. The molecule has 0 saturated heterocycles. The number of alkyl halides is 1. The Balaban J connectivity index is 3.08. The number of carboxylic acid groups (broad SMARTS) is 1. The molecule has 0 aliphatic carbocycles. The molecule has 0 radical (unpaired) electrons. The lowest BCUT2D eigenvalue weighted by Crippen LogP contribution is -2.31. The SMILES string of the molecule is CS(=O)(=O)N(CCCl)c1ccc(C(=O)O)cc1. The van der Waals surface area contributed by atoms with Gasteiger partial charge in [0.2, 0.25) is 10.0 Å². The Morgan fingerprint density at radius 2 is 1.88 bits per heavy atom. The van der Waals surface area contributed by atoms with E-state index in [-0.39, 0.29) is 18.0 Å². The van der Waals surface area contributed by atoms with E-state index in [2.05, 4.69) is 0 Å². The van der Waals surface area contributed by atoms with Gasteiger partial charge in [-0.25, -0.2) is 13.2 Å². The standard InChI is InChI=1S/C10H12ClNO4S/c1-17(15,16)12(7-6-11)9-4-2-8(3-5-9)10(13)14/h2-5H,6-7H2,1H3,(H,13,14). The van der Waals surface area contributed by atoms with Crippen molar-refractivity contribution in [3.05, 3.63) is 29.8 Å². The van der Waals surface area contributed by atoms with Crippen molar-refractivity contribution in [3.63, 3.8) is 0 Å². The second-order valence-electron chi connectivity index (χ2n) is 3.38. The maximum atomic E-state index is 11.5. The molecule has 0 saturated carbocycles. The van der Waals surface area contributed by atoms with Gasteiger partial charge in [-0.15, -0.1) is 11.6 Å². The number of sulfonamides is 1. The highest BCUT2D eigenvalue weighted by Gasteiger charge is 2.16. The van der Waals surface area contributed by atoms with E-state index in [9.17, 15) is 13.2 Å². The van der Waals surface area contributed by atoms with E-state index in [4.69, 9.17) is 16.7 Å². The summed E-state index contributed by atoms with van der Waals surface area (Å²) in [6.45, 7) is 0.146. The summed E-state index contributed by atoms with van der Waals surface area (Å²) in [5.74, 6) is -0.895. The van der Waals surface area contributed by atoms with E-state index in [0.29, 0.717) is 5.69 Å². The van der Waals surface area contributed by atoms with Crippen molar-refractivity contribution in [2.75, 3.05) is 23.0 Å². The molecule has 7 heteroatoms. The van der Waals surface area contributed by atoms with Crippen molar-refractivity contribution in [1.82, 2.24) is 0 Å². The van der Waals surface area contributed by atoms with E-state index >= 15 is 0 Å². The zero-order valence-corrected chi connectivity index (χ0v) is 10.7. The summed E-state index contributed by atoms with van der Waals surface area (Å²) in [5, 5.41) is 8.72. The number of hydrogen-bond donors (Lipinski definition) is 1. The molecule has 1 aromatic carbocycles. The molecule has 0 unspecified atom stereocenters. The number of benzene rings is 1. The number of carbonyl (C=O) groups is 1. The van der Waals surface area contributed by atoms with Gasteiger partial charge in [0.15, 0.2) is 0 Å². The number of halogens is 1. The molecule has 0 aliphatic heterocycles. The fraction of sp³-hybridized carbons (Fsp3) is 0.300. The largest absolute Gasteiger partial charge is 0.478 e. The molecule has 0 aromatic heterocycles. The smallest absolute Gasteiger partial charge is 0.335 e. The van der Waals surface area contributed by atoms with Crippen LogP contribution in [-0.4, -0.2) is 38.2 Å². The normalized spacial score (nSPS) is 11.2. The van der Waals surface area contributed by atoms with E-state index in [1.165, 1.54) is 24.3 Å². The van der Waals surface area contributed by atoms with Crippen LogP contribution in [0, 0.1) is 0 Å². The Labute approximate surface area is 105 Å². The molecule has 17 heavy (non-hydrogen) atoms. The summed E-state index contributed by atoms with van der Waals surface area (Å²) in [6.07, 6.45) is 1.07. The number of hydrogen-bond acceptors (Lipinski definition) is 3. The predicted molar refractivity (Wildman–Crippen MR) is 66.3 cm³/mol. The molecule has 0 heterocycles. The van der Waals surface area contributed by atoms with Gasteiger partial charge in [0.1, 0.15) is 0 Å². The van der Waals surface area contributed by atoms with Gasteiger partial charge in [-0.3, -0.25) is 4.31 Å². The number of aromatic carboxylic acids is 1. The lowest BCUT2D eigenvalue weighted by atomic mass is 10.2. The predicted octanol–water partition coefficient (Wildman–Crippen LogP) is 1.39. The van der Waals surface area contributed by atoms with Crippen LogP contribution in [0.25, 0.3) is 0 Å². The fourth-order valence-electron chi connectivity index (χ4n) is 1.33. The van der Waals surface area contributed by atoms with Crippen molar-refractivity contribution >= 4 is 33.3 Å². The Morgan fingerprint density at radius 3 is 2.24 bits per heavy atom. The van der Waals surface area contributed by atoms with Crippen molar-refractivity contribution in [2.24, 2.45) is 0 Å². The van der Waals surface area contributed by atoms with Crippen molar-refractivity contribution in [3.8, 4) is 0 Å². The highest BCUT2D eigenvalue weighted by molar-refractivity contribution is 7.92. The molecule has 0 aliphatic rings. The van der Waals surface area contributed by atoms with Crippen LogP contribution in [0.15, 0.2) is 24.3 Å². The number of rotatable bonds is 5. The number of carboxylic acids is 1. The molecule has 0 bridgehead atoms. The maximum Gasteiger partial charge on any atom is 0.335 e. The van der Waals surface area contributed by atoms with Gasteiger partial charge in [0, 0.05) is 12.4 Å². The molecule has 0 atom stereocenters. The van der Waals surface area contributed by atoms with Crippen LogP contribution in [-0.2, 0) is 10.0 Å². The van der Waals surface area contributed by atoms with Crippen molar-refractivity contribution in [1.29, 1.82) is 0 Å². The van der Waals surface area contributed by atoms with Crippen LogP contribution in [0.4, 0.5) is 5.69 Å². The second-order valence-corrected chi connectivity index (χ2v) is 5.66.